The van der Waals surface area contributed by atoms with Gasteiger partial charge in [0.2, 0.25) is 0 Å². The molecule has 2 rings (SSSR count). The molecule has 0 radical (unpaired) electrons. The van der Waals surface area contributed by atoms with Gasteiger partial charge in [0.05, 0.1) is 22.8 Å². The smallest absolute Gasteiger partial charge is 0.273 e. The lowest BCUT2D eigenvalue weighted by molar-refractivity contribution is -0.385. The van der Waals surface area contributed by atoms with Crippen LogP contribution in [0.15, 0.2) is 47.6 Å². The SMILES string of the molecule is Cc1c(C(=O)N/N=C\c2ccc(OC(C)C)cc2)cccc1[N+](=O)[O-]. The predicted molar refractivity (Wildman–Crippen MR) is 95.1 cm³/mol. The standard InChI is InChI=1S/C18H19N3O4/c1-12(2)25-15-9-7-14(8-10-15)11-19-20-18(22)16-5-4-6-17(13(16)3)21(23)24/h4-12H,1-3H3,(H,20,22)/b19-11-. The molecule has 2 aromatic carbocycles. The van der Waals surface area contributed by atoms with Gasteiger partial charge in [0, 0.05) is 11.6 Å². The van der Waals surface area contributed by atoms with E-state index in [1.165, 1.54) is 31.3 Å². The summed E-state index contributed by atoms with van der Waals surface area (Å²) < 4.78 is 5.54. The maximum absolute atomic E-state index is 12.1. The van der Waals surface area contributed by atoms with E-state index in [2.05, 4.69) is 10.5 Å². The van der Waals surface area contributed by atoms with Crippen LogP contribution in [0.25, 0.3) is 0 Å². The van der Waals surface area contributed by atoms with E-state index in [-0.39, 0.29) is 17.4 Å². The number of hydrogen-bond acceptors (Lipinski definition) is 5. The number of hydrogen-bond donors (Lipinski definition) is 1. The topological polar surface area (TPSA) is 93.8 Å². The van der Waals surface area contributed by atoms with Crippen molar-refractivity contribution in [2.75, 3.05) is 0 Å². The summed E-state index contributed by atoms with van der Waals surface area (Å²) in [5, 5.41) is 14.8. The van der Waals surface area contributed by atoms with Crippen molar-refractivity contribution in [1.29, 1.82) is 0 Å². The molecule has 0 saturated heterocycles. The van der Waals surface area contributed by atoms with E-state index in [0.29, 0.717) is 5.56 Å². The third kappa shape index (κ3) is 4.87. The minimum atomic E-state index is -0.518. The zero-order chi connectivity index (χ0) is 18.4. The summed E-state index contributed by atoms with van der Waals surface area (Å²) in [4.78, 5) is 22.5. The molecule has 0 fully saturated rings. The first-order chi connectivity index (χ1) is 11.9. The van der Waals surface area contributed by atoms with Gasteiger partial charge in [-0.2, -0.15) is 5.10 Å². The van der Waals surface area contributed by atoms with Crippen LogP contribution in [0, 0.1) is 17.0 Å². The van der Waals surface area contributed by atoms with Gasteiger partial charge in [-0.25, -0.2) is 5.43 Å². The first-order valence-corrected chi connectivity index (χ1v) is 7.72. The van der Waals surface area contributed by atoms with Crippen molar-refractivity contribution < 1.29 is 14.5 Å². The van der Waals surface area contributed by atoms with Gasteiger partial charge < -0.3 is 4.74 Å². The lowest BCUT2D eigenvalue weighted by atomic mass is 10.1. The van der Waals surface area contributed by atoms with Crippen molar-refractivity contribution in [3.63, 3.8) is 0 Å². The van der Waals surface area contributed by atoms with E-state index in [4.69, 9.17) is 4.74 Å². The van der Waals surface area contributed by atoms with E-state index in [1.807, 2.05) is 38.1 Å². The van der Waals surface area contributed by atoms with Crippen LogP contribution in [0.2, 0.25) is 0 Å². The number of carbonyl (C=O) groups is 1. The van der Waals surface area contributed by atoms with Crippen LogP contribution in [0.4, 0.5) is 5.69 Å². The van der Waals surface area contributed by atoms with Crippen molar-refractivity contribution >= 4 is 17.8 Å². The molecule has 0 atom stereocenters. The number of nitrogens with zero attached hydrogens (tertiary/aromatic N) is 2. The molecule has 0 aromatic heterocycles. The number of ether oxygens (including phenoxy) is 1. The highest BCUT2D eigenvalue weighted by molar-refractivity contribution is 5.97. The molecular weight excluding hydrogens is 322 g/mol. The number of rotatable bonds is 6. The van der Waals surface area contributed by atoms with Crippen LogP contribution in [0.1, 0.15) is 35.3 Å². The van der Waals surface area contributed by atoms with Crippen LogP contribution in [0.5, 0.6) is 5.75 Å². The molecule has 130 valence electrons. The highest BCUT2D eigenvalue weighted by Crippen LogP contribution is 2.20. The average Bonchev–Trinajstić information content (AvgIpc) is 2.55. The van der Waals surface area contributed by atoms with E-state index in [9.17, 15) is 14.9 Å². The third-order valence-corrected chi connectivity index (χ3v) is 3.38. The molecule has 0 heterocycles. The number of amides is 1. The largest absolute Gasteiger partial charge is 0.491 e. The maximum Gasteiger partial charge on any atom is 0.273 e. The van der Waals surface area contributed by atoms with Crippen molar-refractivity contribution in [3.05, 3.63) is 69.3 Å². The highest BCUT2D eigenvalue weighted by atomic mass is 16.6. The summed E-state index contributed by atoms with van der Waals surface area (Å²) in [5.41, 5.74) is 3.58. The first-order valence-electron chi connectivity index (χ1n) is 7.72. The fourth-order valence-corrected chi connectivity index (χ4v) is 2.20. The van der Waals surface area contributed by atoms with Gasteiger partial charge in [-0.1, -0.05) is 6.07 Å². The number of nitro groups is 1. The van der Waals surface area contributed by atoms with Gasteiger partial charge in [-0.15, -0.1) is 0 Å². The van der Waals surface area contributed by atoms with Gasteiger partial charge in [0.25, 0.3) is 11.6 Å². The van der Waals surface area contributed by atoms with Crippen LogP contribution in [-0.4, -0.2) is 23.1 Å². The minimum absolute atomic E-state index is 0.0944. The Morgan fingerprint density at radius 3 is 2.52 bits per heavy atom. The number of benzene rings is 2. The molecule has 0 aliphatic rings. The highest BCUT2D eigenvalue weighted by Gasteiger charge is 2.17. The van der Waals surface area contributed by atoms with E-state index in [0.717, 1.165) is 11.3 Å². The van der Waals surface area contributed by atoms with Crippen LogP contribution >= 0.6 is 0 Å². The first kappa shape index (κ1) is 18.1. The lowest BCUT2D eigenvalue weighted by Crippen LogP contribution is -2.19. The van der Waals surface area contributed by atoms with Crippen molar-refractivity contribution in [2.24, 2.45) is 5.10 Å². The van der Waals surface area contributed by atoms with E-state index in [1.54, 1.807) is 0 Å². The Bertz CT molecular complexity index is 798. The fourth-order valence-electron chi connectivity index (χ4n) is 2.20. The van der Waals surface area contributed by atoms with Crippen molar-refractivity contribution in [2.45, 2.75) is 26.9 Å². The van der Waals surface area contributed by atoms with Crippen LogP contribution in [0.3, 0.4) is 0 Å². The van der Waals surface area contributed by atoms with Gasteiger partial charge in [0.1, 0.15) is 5.75 Å². The van der Waals surface area contributed by atoms with E-state index >= 15 is 0 Å². The summed E-state index contributed by atoms with van der Waals surface area (Å²) in [7, 11) is 0. The quantitative estimate of drug-likeness (QED) is 0.494. The molecule has 0 aliphatic heterocycles. The van der Waals surface area contributed by atoms with Crippen molar-refractivity contribution in [1.82, 2.24) is 5.43 Å². The molecule has 25 heavy (non-hydrogen) atoms. The monoisotopic (exact) mass is 341 g/mol. The number of nitro benzene ring substituents is 1. The molecule has 2 aromatic rings. The Labute approximate surface area is 145 Å². The summed E-state index contributed by atoms with van der Waals surface area (Å²) in [6.45, 7) is 5.42. The van der Waals surface area contributed by atoms with Gasteiger partial charge in [-0.05, 0) is 56.7 Å². The second-order valence-electron chi connectivity index (χ2n) is 5.64. The number of nitrogens with one attached hydrogen (secondary N) is 1. The second kappa shape index (κ2) is 8.05. The molecule has 7 nitrogen and oxygen atoms in total. The maximum atomic E-state index is 12.1. The summed E-state index contributed by atoms with van der Waals surface area (Å²) in [6.07, 6.45) is 1.58. The Hall–Kier alpha value is -3.22. The minimum Gasteiger partial charge on any atom is -0.491 e. The molecule has 0 bridgehead atoms. The van der Waals surface area contributed by atoms with Crippen molar-refractivity contribution in [3.8, 4) is 5.75 Å². The molecular formula is C18H19N3O4. The molecule has 1 amide bonds. The predicted octanol–water partition coefficient (Wildman–Crippen LogP) is 3.45. The lowest BCUT2D eigenvalue weighted by Gasteiger charge is -2.09. The molecule has 1 N–H and O–H groups in total. The summed E-state index contributed by atoms with van der Waals surface area (Å²) >= 11 is 0. The molecule has 7 heteroatoms. The Balaban J connectivity index is 2.03. The Kier molecular flexibility index (Phi) is 5.84. The van der Waals surface area contributed by atoms with Crippen LogP contribution < -0.4 is 10.2 Å². The van der Waals surface area contributed by atoms with Crippen LogP contribution in [-0.2, 0) is 0 Å². The molecule has 0 saturated carbocycles. The Morgan fingerprint density at radius 2 is 1.92 bits per heavy atom. The molecule has 0 aliphatic carbocycles. The zero-order valence-electron chi connectivity index (χ0n) is 14.2. The van der Waals surface area contributed by atoms with Gasteiger partial charge >= 0.3 is 0 Å². The average molecular weight is 341 g/mol. The summed E-state index contributed by atoms with van der Waals surface area (Å²) in [6, 6.07) is 11.6. The third-order valence-electron chi connectivity index (χ3n) is 3.38. The normalized spacial score (nSPS) is 10.9. The fraction of sp³-hybridized carbons (Fsp3) is 0.222. The molecule has 0 spiro atoms. The second-order valence-corrected chi connectivity index (χ2v) is 5.64. The zero-order valence-corrected chi connectivity index (χ0v) is 14.2. The summed E-state index contributed by atoms with van der Waals surface area (Å²) in [5.74, 6) is 0.251. The van der Waals surface area contributed by atoms with E-state index < -0.39 is 10.8 Å². The van der Waals surface area contributed by atoms with Gasteiger partial charge in [0.15, 0.2) is 0 Å². The number of carbonyl (C=O) groups excluding carboxylic acids is 1. The Morgan fingerprint density at radius 1 is 1.24 bits per heavy atom. The molecule has 0 unspecified atom stereocenters. The van der Waals surface area contributed by atoms with Gasteiger partial charge in [-0.3, -0.25) is 14.9 Å². The number of hydrazone groups is 1.